The van der Waals surface area contributed by atoms with Crippen LogP contribution in [0.3, 0.4) is 0 Å². The fraction of sp³-hybridized carbons (Fsp3) is 0.400. The summed E-state index contributed by atoms with van der Waals surface area (Å²) in [5, 5.41) is 9.16. The van der Waals surface area contributed by atoms with Gasteiger partial charge in [0.25, 0.3) is 10.2 Å². The summed E-state index contributed by atoms with van der Waals surface area (Å²) in [4.78, 5) is 0. The van der Waals surface area contributed by atoms with E-state index in [4.69, 9.17) is 5.11 Å². The average Bonchev–Trinajstić information content (AvgIpc) is 2.27. The van der Waals surface area contributed by atoms with Gasteiger partial charge in [-0.1, -0.05) is 37.3 Å². The van der Waals surface area contributed by atoms with Crippen LogP contribution in [-0.4, -0.2) is 26.7 Å². The van der Waals surface area contributed by atoms with E-state index in [-0.39, 0.29) is 6.61 Å². The summed E-state index contributed by atoms with van der Waals surface area (Å²) in [5.41, 5.74) is 0.728. The largest absolute Gasteiger partial charge is 0.394 e. The van der Waals surface area contributed by atoms with Gasteiger partial charge in [-0.2, -0.15) is 13.1 Å². The second kappa shape index (κ2) is 5.95. The first-order valence-electron chi connectivity index (χ1n) is 5.01. The van der Waals surface area contributed by atoms with Crippen molar-refractivity contribution in [1.29, 1.82) is 0 Å². The highest BCUT2D eigenvalue weighted by Gasteiger charge is 2.17. The minimum absolute atomic E-state index is 0.283. The van der Waals surface area contributed by atoms with Crippen molar-refractivity contribution in [2.24, 2.45) is 0 Å². The molecule has 0 fully saturated rings. The van der Waals surface area contributed by atoms with Crippen LogP contribution in [0.25, 0.3) is 0 Å². The first-order valence-corrected chi connectivity index (χ1v) is 6.50. The smallest absolute Gasteiger partial charge is 0.277 e. The lowest BCUT2D eigenvalue weighted by Crippen LogP contribution is -2.39. The Morgan fingerprint density at radius 2 is 1.94 bits per heavy atom. The van der Waals surface area contributed by atoms with Crippen molar-refractivity contribution in [1.82, 2.24) is 9.44 Å². The van der Waals surface area contributed by atoms with Crippen molar-refractivity contribution in [3.63, 3.8) is 0 Å². The summed E-state index contributed by atoms with van der Waals surface area (Å²) < 4.78 is 27.6. The quantitative estimate of drug-likeness (QED) is 0.667. The van der Waals surface area contributed by atoms with Crippen molar-refractivity contribution in [3.8, 4) is 0 Å². The van der Waals surface area contributed by atoms with E-state index < -0.39 is 16.3 Å². The molecule has 1 atom stereocenters. The minimum Gasteiger partial charge on any atom is -0.394 e. The van der Waals surface area contributed by atoms with E-state index in [9.17, 15) is 8.42 Å². The minimum atomic E-state index is -3.55. The van der Waals surface area contributed by atoms with Crippen molar-refractivity contribution in [2.45, 2.75) is 13.0 Å². The molecule has 5 nitrogen and oxygen atoms in total. The molecule has 0 amide bonds. The Bertz CT molecular complexity index is 405. The molecule has 0 aromatic heterocycles. The third-order valence-corrected chi connectivity index (χ3v) is 3.28. The zero-order valence-corrected chi connectivity index (χ0v) is 9.87. The van der Waals surface area contributed by atoms with Gasteiger partial charge in [-0.25, -0.2) is 4.72 Å². The lowest BCUT2D eigenvalue weighted by molar-refractivity contribution is 0.258. The molecule has 0 bridgehead atoms. The Morgan fingerprint density at radius 1 is 1.31 bits per heavy atom. The van der Waals surface area contributed by atoms with E-state index in [1.807, 2.05) is 6.07 Å². The summed E-state index contributed by atoms with van der Waals surface area (Å²) in [6.45, 7) is 1.71. The molecule has 6 heteroatoms. The fourth-order valence-electron chi connectivity index (χ4n) is 1.32. The second-order valence-corrected chi connectivity index (χ2v) is 4.80. The van der Waals surface area contributed by atoms with Gasteiger partial charge in [0, 0.05) is 6.54 Å². The molecular weight excluding hydrogens is 228 g/mol. The Labute approximate surface area is 95.7 Å². The van der Waals surface area contributed by atoms with Gasteiger partial charge in [0.2, 0.25) is 0 Å². The Balaban J connectivity index is 2.78. The first-order chi connectivity index (χ1) is 7.59. The summed E-state index contributed by atoms with van der Waals surface area (Å²) in [6.07, 6.45) is 0. The van der Waals surface area contributed by atoms with Gasteiger partial charge in [0.15, 0.2) is 0 Å². The number of aliphatic hydroxyl groups is 1. The van der Waals surface area contributed by atoms with Crippen molar-refractivity contribution in [3.05, 3.63) is 35.9 Å². The number of rotatable bonds is 6. The molecule has 0 saturated heterocycles. The van der Waals surface area contributed by atoms with Crippen LogP contribution in [0.15, 0.2) is 30.3 Å². The summed E-state index contributed by atoms with van der Waals surface area (Å²) >= 11 is 0. The maximum absolute atomic E-state index is 11.4. The molecule has 90 valence electrons. The van der Waals surface area contributed by atoms with Crippen LogP contribution in [0.5, 0.6) is 0 Å². The number of hydrogen-bond donors (Lipinski definition) is 3. The van der Waals surface area contributed by atoms with Crippen LogP contribution in [0, 0.1) is 0 Å². The van der Waals surface area contributed by atoms with E-state index in [0.717, 1.165) is 5.56 Å². The van der Waals surface area contributed by atoms with Gasteiger partial charge >= 0.3 is 0 Å². The summed E-state index contributed by atoms with van der Waals surface area (Å²) in [7, 11) is -3.55. The van der Waals surface area contributed by atoms with Gasteiger partial charge in [0.05, 0.1) is 12.6 Å². The highest BCUT2D eigenvalue weighted by atomic mass is 32.2. The number of nitrogens with one attached hydrogen (secondary N) is 2. The highest BCUT2D eigenvalue weighted by Crippen LogP contribution is 2.12. The molecule has 0 radical (unpaired) electrons. The Hall–Kier alpha value is -0.950. The molecule has 0 aliphatic heterocycles. The zero-order valence-electron chi connectivity index (χ0n) is 9.05. The van der Waals surface area contributed by atoms with Gasteiger partial charge < -0.3 is 5.11 Å². The van der Waals surface area contributed by atoms with Crippen LogP contribution < -0.4 is 9.44 Å². The normalized spacial score (nSPS) is 13.6. The molecule has 0 spiro atoms. The molecular formula is C10H16N2O3S. The molecule has 1 aromatic rings. The molecule has 1 rings (SSSR count). The second-order valence-electron chi connectivity index (χ2n) is 3.27. The van der Waals surface area contributed by atoms with E-state index in [0.29, 0.717) is 6.54 Å². The van der Waals surface area contributed by atoms with Crippen molar-refractivity contribution in [2.75, 3.05) is 13.2 Å². The molecule has 1 aromatic carbocycles. The van der Waals surface area contributed by atoms with Crippen molar-refractivity contribution >= 4 is 10.2 Å². The molecule has 0 aliphatic rings. The van der Waals surface area contributed by atoms with Crippen LogP contribution in [0.2, 0.25) is 0 Å². The third kappa shape index (κ3) is 3.90. The molecule has 0 heterocycles. The van der Waals surface area contributed by atoms with Crippen LogP contribution in [0.4, 0.5) is 0 Å². The molecule has 0 aliphatic carbocycles. The lowest BCUT2D eigenvalue weighted by atomic mass is 10.1. The van der Waals surface area contributed by atoms with Crippen molar-refractivity contribution < 1.29 is 13.5 Å². The highest BCUT2D eigenvalue weighted by molar-refractivity contribution is 7.87. The predicted molar refractivity (Wildman–Crippen MR) is 62.0 cm³/mol. The topological polar surface area (TPSA) is 78.4 Å². The summed E-state index contributed by atoms with van der Waals surface area (Å²) in [6, 6.07) is 8.31. The van der Waals surface area contributed by atoms with E-state index in [1.165, 1.54) is 0 Å². The number of hydrogen-bond acceptors (Lipinski definition) is 3. The molecule has 0 saturated carbocycles. The Morgan fingerprint density at radius 3 is 2.44 bits per heavy atom. The van der Waals surface area contributed by atoms with E-state index >= 15 is 0 Å². The van der Waals surface area contributed by atoms with Gasteiger partial charge in [-0.15, -0.1) is 0 Å². The van der Waals surface area contributed by atoms with Crippen LogP contribution in [-0.2, 0) is 10.2 Å². The van der Waals surface area contributed by atoms with Crippen LogP contribution >= 0.6 is 0 Å². The van der Waals surface area contributed by atoms with Gasteiger partial charge in [-0.3, -0.25) is 0 Å². The molecule has 0 unspecified atom stereocenters. The summed E-state index contributed by atoms with van der Waals surface area (Å²) in [5.74, 6) is 0. The maximum Gasteiger partial charge on any atom is 0.277 e. The maximum atomic E-state index is 11.4. The standard InChI is InChI=1S/C10H16N2O3S/c1-2-11-16(14,15)12-10(8-13)9-6-4-3-5-7-9/h3-7,10-13H,2,8H2,1H3/t10-/m0/s1. The SMILES string of the molecule is CCNS(=O)(=O)N[C@@H](CO)c1ccccc1. The number of aliphatic hydroxyl groups excluding tert-OH is 1. The van der Waals surface area contributed by atoms with E-state index in [2.05, 4.69) is 9.44 Å². The van der Waals surface area contributed by atoms with Crippen LogP contribution in [0.1, 0.15) is 18.5 Å². The molecule has 16 heavy (non-hydrogen) atoms. The fourth-order valence-corrected chi connectivity index (χ4v) is 2.36. The third-order valence-electron chi connectivity index (χ3n) is 2.02. The number of benzene rings is 1. The Kier molecular flexibility index (Phi) is 4.88. The molecule has 3 N–H and O–H groups in total. The first kappa shape index (κ1) is 13.1. The predicted octanol–water partition coefficient (Wildman–Crippen LogP) is 0.164. The zero-order chi connectivity index (χ0) is 12.0. The van der Waals surface area contributed by atoms with E-state index in [1.54, 1.807) is 31.2 Å². The van der Waals surface area contributed by atoms with Gasteiger partial charge in [-0.05, 0) is 5.56 Å². The van der Waals surface area contributed by atoms with Gasteiger partial charge in [0.1, 0.15) is 0 Å². The average molecular weight is 244 g/mol. The lowest BCUT2D eigenvalue weighted by Gasteiger charge is -2.16. The monoisotopic (exact) mass is 244 g/mol.